The van der Waals surface area contributed by atoms with Gasteiger partial charge in [-0.15, -0.1) is 0 Å². The van der Waals surface area contributed by atoms with Crippen molar-refractivity contribution in [2.45, 2.75) is 57.1 Å². The Kier molecular flexibility index (Phi) is 7.58. The Labute approximate surface area is 195 Å². The standard InChI is InChI=1S/C23H32N4O5S/c1-17-16-26(21(28)15-25-22(29)32-23(2,3)4)11-5-6-12-27(17)33(30,31)20-8-7-19-14-24-10-9-18(19)13-20/h7-10,13-14,17H,5-6,11-12,15-16H2,1-4H3,(H,25,29)/t17-/m1/s1. The minimum absolute atomic E-state index is 0.201. The number of alkyl carbamates (subject to hydrolysis) is 1. The van der Waals surface area contributed by atoms with E-state index in [4.69, 9.17) is 4.74 Å². The summed E-state index contributed by atoms with van der Waals surface area (Å²) in [6.45, 7) is 7.97. The first kappa shape index (κ1) is 24.9. The summed E-state index contributed by atoms with van der Waals surface area (Å²) in [6, 6.07) is 6.36. The highest BCUT2D eigenvalue weighted by Crippen LogP contribution is 2.24. The summed E-state index contributed by atoms with van der Waals surface area (Å²) in [5.41, 5.74) is -0.656. The molecule has 0 unspecified atom stereocenters. The molecule has 1 fully saturated rings. The van der Waals surface area contributed by atoms with Gasteiger partial charge in [-0.25, -0.2) is 13.2 Å². The quantitative estimate of drug-likeness (QED) is 0.727. The zero-order chi connectivity index (χ0) is 24.2. The van der Waals surface area contributed by atoms with Crippen LogP contribution in [0.4, 0.5) is 4.79 Å². The highest BCUT2D eigenvalue weighted by atomic mass is 32.2. The zero-order valence-corrected chi connectivity index (χ0v) is 20.4. The van der Waals surface area contributed by atoms with E-state index < -0.39 is 27.8 Å². The van der Waals surface area contributed by atoms with Crippen LogP contribution in [0.5, 0.6) is 0 Å². The molecule has 1 aromatic carbocycles. The fourth-order valence-electron chi connectivity index (χ4n) is 3.81. The van der Waals surface area contributed by atoms with Crippen molar-refractivity contribution in [3.63, 3.8) is 0 Å². The Morgan fingerprint density at radius 3 is 2.61 bits per heavy atom. The molecule has 1 saturated heterocycles. The molecule has 9 nitrogen and oxygen atoms in total. The summed E-state index contributed by atoms with van der Waals surface area (Å²) in [6.07, 6.45) is 3.96. The molecule has 2 aromatic rings. The molecule has 2 amide bonds. The van der Waals surface area contributed by atoms with Crippen LogP contribution in [0.3, 0.4) is 0 Å². The van der Waals surface area contributed by atoms with Crippen LogP contribution in [0.1, 0.15) is 40.5 Å². The number of aromatic nitrogens is 1. The number of fused-ring (bicyclic) bond motifs is 1. The van der Waals surface area contributed by atoms with Crippen LogP contribution >= 0.6 is 0 Å². The van der Waals surface area contributed by atoms with Crippen molar-refractivity contribution < 1.29 is 22.7 Å². The normalized spacial score (nSPS) is 18.4. The van der Waals surface area contributed by atoms with Gasteiger partial charge in [0, 0.05) is 43.5 Å². The summed E-state index contributed by atoms with van der Waals surface area (Å²) in [4.78, 5) is 30.5. The maximum absolute atomic E-state index is 13.5. The van der Waals surface area contributed by atoms with Crippen LogP contribution in [-0.4, -0.2) is 72.4 Å². The van der Waals surface area contributed by atoms with E-state index in [1.54, 1.807) is 69.3 Å². The lowest BCUT2D eigenvalue weighted by molar-refractivity contribution is -0.131. The molecule has 1 aliphatic rings. The Morgan fingerprint density at radius 1 is 1.15 bits per heavy atom. The van der Waals surface area contributed by atoms with Gasteiger partial charge in [0.2, 0.25) is 15.9 Å². The monoisotopic (exact) mass is 476 g/mol. The number of nitrogens with one attached hydrogen (secondary N) is 1. The van der Waals surface area contributed by atoms with Crippen LogP contribution in [0.25, 0.3) is 10.8 Å². The third-order valence-electron chi connectivity index (χ3n) is 5.39. The molecule has 0 spiro atoms. The summed E-state index contributed by atoms with van der Waals surface area (Å²) >= 11 is 0. The predicted octanol–water partition coefficient (Wildman–Crippen LogP) is 2.76. The first-order valence-corrected chi connectivity index (χ1v) is 12.5. The average molecular weight is 477 g/mol. The number of sulfonamides is 1. The number of rotatable bonds is 4. The number of pyridine rings is 1. The fraction of sp³-hybridized carbons (Fsp3) is 0.522. The van der Waals surface area contributed by atoms with Gasteiger partial charge in [-0.05, 0) is 64.1 Å². The highest BCUT2D eigenvalue weighted by molar-refractivity contribution is 7.89. The molecular weight excluding hydrogens is 444 g/mol. The van der Waals surface area contributed by atoms with Gasteiger partial charge in [0.05, 0.1) is 4.90 Å². The van der Waals surface area contributed by atoms with Crippen molar-refractivity contribution in [2.24, 2.45) is 0 Å². The topological polar surface area (TPSA) is 109 Å². The minimum atomic E-state index is -3.75. The van der Waals surface area contributed by atoms with Crippen LogP contribution < -0.4 is 5.32 Å². The van der Waals surface area contributed by atoms with Gasteiger partial charge in [-0.3, -0.25) is 9.78 Å². The van der Waals surface area contributed by atoms with Gasteiger partial charge < -0.3 is 15.0 Å². The van der Waals surface area contributed by atoms with Crippen molar-refractivity contribution in [1.82, 2.24) is 19.5 Å². The van der Waals surface area contributed by atoms with Gasteiger partial charge >= 0.3 is 6.09 Å². The molecule has 33 heavy (non-hydrogen) atoms. The predicted molar refractivity (Wildman–Crippen MR) is 125 cm³/mol. The lowest BCUT2D eigenvalue weighted by Crippen LogP contribution is -2.51. The fourth-order valence-corrected chi connectivity index (χ4v) is 5.50. The first-order valence-electron chi connectivity index (χ1n) is 11.1. The number of carbonyl (C=O) groups excluding carboxylic acids is 2. The molecule has 1 N–H and O–H groups in total. The van der Waals surface area contributed by atoms with Crippen molar-refractivity contribution in [2.75, 3.05) is 26.2 Å². The number of amides is 2. The molecule has 0 aliphatic carbocycles. The molecule has 0 radical (unpaired) electrons. The number of carbonyl (C=O) groups is 2. The smallest absolute Gasteiger partial charge is 0.408 e. The molecule has 10 heteroatoms. The lowest BCUT2D eigenvalue weighted by atomic mass is 10.2. The summed E-state index contributed by atoms with van der Waals surface area (Å²) < 4.78 is 33.6. The third kappa shape index (κ3) is 6.42. The maximum Gasteiger partial charge on any atom is 0.408 e. The third-order valence-corrected chi connectivity index (χ3v) is 7.40. The molecule has 2 heterocycles. The first-order chi connectivity index (χ1) is 15.5. The SMILES string of the molecule is C[C@@H]1CN(C(=O)CNC(=O)OC(C)(C)C)CCCCN1S(=O)(=O)c1ccc2cnccc2c1. The van der Waals surface area contributed by atoms with E-state index in [2.05, 4.69) is 10.3 Å². The van der Waals surface area contributed by atoms with Crippen molar-refractivity contribution in [1.29, 1.82) is 0 Å². The maximum atomic E-state index is 13.5. The molecule has 3 rings (SSSR count). The highest BCUT2D eigenvalue weighted by Gasteiger charge is 2.32. The van der Waals surface area contributed by atoms with E-state index in [0.717, 1.165) is 10.8 Å². The number of nitrogens with zero attached hydrogens (tertiary/aromatic N) is 3. The lowest BCUT2D eigenvalue weighted by Gasteiger charge is -2.35. The Hall–Kier alpha value is -2.72. The summed E-state index contributed by atoms with van der Waals surface area (Å²) in [5.74, 6) is -0.273. The van der Waals surface area contributed by atoms with Crippen LogP contribution in [0, 0.1) is 0 Å². The van der Waals surface area contributed by atoms with Crippen molar-refractivity contribution in [3.8, 4) is 0 Å². The number of hydrogen-bond donors (Lipinski definition) is 1. The second-order valence-electron chi connectivity index (χ2n) is 9.25. The van der Waals surface area contributed by atoms with Crippen LogP contribution in [0.15, 0.2) is 41.6 Å². The van der Waals surface area contributed by atoms with E-state index in [-0.39, 0.29) is 23.9 Å². The van der Waals surface area contributed by atoms with E-state index in [1.807, 2.05) is 0 Å². The Morgan fingerprint density at radius 2 is 1.88 bits per heavy atom. The summed E-state index contributed by atoms with van der Waals surface area (Å²) in [7, 11) is -3.75. The van der Waals surface area contributed by atoms with Crippen molar-refractivity contribution >= 4 is 32.8 Å². The van der Waals surface area contributed by atoms with E-state index in [9.17, 15) is 18.0 Å². The van der Waals surface area contributed by atoms with E-state index in [0.29, 0.717) is 25.9 Å². The average Bonchev–Trinajstić information content (AvgIpc) is 2.72. The van der Waals surface area contributed by atoms with Gasteiger partial charge in [-0.2, -0.15) is 4.31 Å². The second kappa shape index (κ2) is 10.0. The zero-order valence-electron chi connectivity index (χ0n) is 19.6. The van der Waals surface area contributed by atoms with E-state index in [1.165, 1.54) is 4.31 Å². The largest absolute Gasteiger partial charge is 0.444 e. The second-order valence-corrected chi connectivity index (χ2v) is 11.1. The van der Waals surface area contributed by atoms with Gasteiger partial charge in [0.15, 0.2) is 0 Å². The van der Waals surface area contributed by atoms with Crippen LogP contribution in [-0.2, 0) is 19.6 Å². The molecule has 0 bridgehead atoms. The molecule has 1 aliphatic heterocycles. The number of benzene rings is 1. The summed E-state index contributed by atoms with van der Waals surface area (Å²) in [5, 5.41) is 4.15. The Bertz CT molecular complexity index is 1110. The number of hydrogen-bond acceptors (Lipinski definition) is 6. The molecule has 1 aromatic heterocycles. The molecule has 1 atom stereocenters. The van der Waals surface area contributed by atoms with Gasteiger partial charge in [0.1, 0.15) is 12.1 Å². The van der Waals surface area contributed by atoms with Crippen LogP contribution in [0.2, 0.25) is 0 Å². The number of ether oxygens (including phenoxy) is 1. The van der Waals surface area contributed by atoms with Crippen molar-refractivity contribution in [3.05, 3.63) is 36.7 Å². The van der Waals surface area contributed by atoms with E-state index >= 15 is 0 Å². The minimum Gasteiger partial charge on any atom is -0.444 e. The van der Waals surface area contributed by atoms with Gasteiger partial charge in [-0.1, -0.05) is 6.07 Å². The Balaban J connectivity index is 1.71. The molecular formula is C23H32N4O5S. The molecule has 0 saturated carbocycles. The molecule has 180 valence electrons. The van der Waals surface area contributed by atoms with Gasteiger partial charge in [0.25, 0.3) is 0 Å².